The van der Waals surface area contributed by atoms with Gasteiger partial charge in [-0.05, 0) is 12.8 Å². The van der Waals surface area contributed by atoms with E-state index in [1.165, 1.54) is 38.5 Å². The van der Waals surface area contributed by atoms with E-state index in [1.807, 2.05) is 0 Å². The zero-order valence-corrected chi connectivity index (χ0v) is 18.1. The molecule has 0 spiro atoms. The van der Waals surface area contributed by atoms with Crippen LogP contribution in [0.3, 0.4) is 0 Å². The molecule has 0 bridgehead atoms. The minimum atomic E-state index is -3.48. The first-order valence-electron chi connectivity index (χ1n) is 10.2. The van der Waals surface area contributed by atoms with Crippen LogP contribution in [-0.4, -0.2) is 33.4 Å². The Labute approximate surface area is 157 Å². The quantitative estimate of drug-likeness (QED) is 0.296. The highest BCUT2D eigenvalue weighted by Gasteiger charge is 2.21. The lowest BCUT2D eigenvalue weighted by Crippen LogP contribution is -2.21. The molecule has 0 rings (SSSR count). The predicted molar refractivity (Wildman–Crippen MR) is 108 cm³/mol. The number of hydrogen-bond donors (Lipinski definition) is 0. The van der Waals surface area contributed by atoms with Crippen LogP contribution in [0.1, 0.15) is 104 Å². The molecule has 0 aliphatic rings. The minimum absolute atomic E-state index is 0.0109. The summed E-state index contributed by atoms with van der Waals surface area (Å²) in [6, 6.07) is 0. The van der Waals surface area contributed by atoms with Crippen LogP contribution in [0.2, 0.25) is 0 Å². The molecule has 0 aliphatic carbocycles. The Morgan fingerprint density at radius 2 is 0.720 bits per heavy atom. The van der Waals surface area contributed by atoms with Gasteiger partial charge in [-0.3, -0.25) is 0 Å². The lowest BCUT2D eigenvalue weighted by Gasteiger charge is -2.07. The molecule has 0 fully saturated rings. The topological polar surface area (TPSA) is 68.3 Å². The summed E-state index contributed by atoms with van der Waals surface area (Å²) in [4.78, 5) is 0. The van der Waals surface area contributed by atoms with E-state index >= 15 is 0 Å². The second-order valence-electron chi connectivity index (χ2n) is 7.26. The van der Waals surface area contributed by atoms with Gasteiger partial charge in [0.15, 0.2) is 24.8 Å². The molecule has 0 aliphatic heterocycles. The summed E-state index contributed by atoms with van der Waals surface area (Å²) in [6.07, 6.45) is 14.6. The largest absolute Gasteiger partial charge is 0.228 e. The number of unbranched alkanes of at least 4 members (excludes halogenated alkanes) is 12. The van der Waals surface area contributed by atoms with E-state index in [2.05, 4.69) is 13.8 Å². The van der Waals surface area contributed by atoms with Gasteiger partial charge in [0.25, 0.3) is 0 Å². The first-order chi connectivity index (χ1) is 11.8. The van der Waals surface area contributed by atoms with Crippen LogP contribution in [0, 0.1) is 0 Å². The summed E-state index contributed by atoms with van der Waals surface area (Å²) in [7, 11) is -6.96. The van der Waals surface area contributed by atoms with E-state index < -0.39 is 24.8 Å². The first-order valence-corrected chi connectivity index (χ1v) is 13.9. The summed E-state index contributed by atoms with van der Waals surface area (Å²) < 4.78 is 48.0. The van der Waals surface area contributed by atoms with Crippen LogP contribution in [0.5, 0.6) is 0 Å². The molecule has 0 heterocycles. The fraction of sp³-hybridized carbons (Fsp3) is 1.00. The third kappa shape index (κ3) is 17.1. The van der Waals surface area contributed by atoms with Crippen molar-refractivity contribution in [1.29, 1.82) is 0 Å². The molecule has 0 saturated heterocycles. The van der Waals surface area contributed by atoms with Gasteiger partial charge < -0.3 is 0 Å². The van der Waals surface area contributed by atoms with E-state index in [0.717, 1.165) is 38.5 Å². The number of sulfone groups is 2. The molecule has 0 aromatic rings. The maximum Gasteiger partial charge on any atom is 0.164 e. The van der Waals surface area contributed by atoms with Crippen LogP contribution < -0.4 is 0 Å². The van der Waals surface area contributed by atoms with Crippen molar-refractivity contribution < 1.29 is 16.8 Å². The Morgan fingerprint density at radius 3 is 1.04 bits per heavy atom. The third-order valence-electron chi connectivity index (χ3n) is 4.48. The van der Waals surface area contributed by atoms with E-state index in [-0.39, 0.29) is 11.5 Å². The molecule has 4 nitrogen and oxygen atoms in total. The van der Waals surface area contributed by atoms with Gasteiger partial charge in [-0.15, -0.1) is 0 Å². The van der Waals surface area contributed by atoms with Gasteiger partial charge in [-0.25, -0.2) is 16.8 Å². The van der Waals surface area contributed by atoms with Crippen LogP contribution in [0.25, 0.3) is 0 Å². The molecular formula is C19H40O4S2. The van der Waals surface area contributed by atoms with Crippen molar-refractivity contribution in [2.24, 2.45) is 0 Å². The zero-order chi connectivity index (χ0) is 19.0. The zero-order valence-electron chi connectivity index (χ0n) is 16.5. The highest BCUT2D eigenvalue weighted by Crippen LogP contribution is 2.11. The van der Waals surface area contributed by atoms with E-state index in [1.54, 1.807) is 0 Å². The first kappa shape index (κ1) is 24.9. The highest BCUT2D eigenvalue weighted by molar-refractivity contribution is 8.08. The van der Waals surface area contributed by atoms with E-state index in [4.69, 9.17) is 0 Å². The van der Waals surface area contributed by atoms with Gasteiger partial charge >= 0.3 is 0 Å². The molecule has 25 heavy (non-hydrogen) atoms. The van der Waals surface area contributed by atoms with Crippen molar-refractivity contribution >= 4 is 19.7 Å². The molecule has 6 heteroatoms. The summed E-state index contributed by atoms with van der Waals surface area (Å²) >= 11 is 0. The Kier molecular flexibility index (Phi) is 14.9. The van der Waals surface area contributed by atoms with Crippen molar-refractivity contribution in [3.05, 3.63) is 0 Å². The average Bonchev–Trinajstić information content (AvgIpc) is 2.52. The molecule has 0 saturated carbocycles. The molecule has 0 atom stereocenters. The molecule has 0 aromatic heterocycles. The summed E-state index contributed by atoms with van der Waals surface area (Å²) in [5.74, 6) is 0.0219. The summed E-state index contributed by atoms with van der Waals surface area (Å²) in [6.45, 7) is 4.33. The normalized spacial score (nSPS) is 12.6. The Hall–Kier alpha value is -0.100. The summed E-state index contributed by atoms with van der Waals surface area (Å²) in [5.41, 5.74) is 0. The number of rotatable bonds is 18. The molecule has 0 aromatic carbocycles. The van der Waals surface area contributed by atoms with Crippen molar-refractivity contribution in [2.75, 3.05) is 16.6 Å². The van der Waals surface area contributed by atoms with Crippen molar-refractivity contribution in [2.45, 2.75) is 104 Å². The minimum Gasteiger partial charge on any atom is -0.228 e. The molecule has 0 amide bonds. The third-order valence-corrected chi connectivity index (χ3v) is 9.17. The fourth-order valence-corrected chi connectivity index (χ4v) is 7.37. The van der Waals surface area contributed by atoms with Crippen molar-refractivity contribution in [1.82, 2.24) is 0 Å². The fourth-order valence-electron chi connectivity index (χ4n) is 2.95. The summed E-state index contributed by atoms with van der Waals surface area (Å²) in [5, 5.41) is -0.661. The monoisotopic (exact) mass is 396 g/mol. The van der Waals surface area contributed by atoms with Crippen LogP contribution >= 0.6 is 0 Å². The van der Waals surface area contributed by atoms with Crippen LogP contribution in [0.4, 0.5) is 0 Å². The second kappa shape index (κ2) is 15.0. The highest BCUT2D eigenvalue weighted by atomic mass is 32.3. The Bertz CT molecular complexity index is 450. The molecular weight excluding hydrogens is 356 g/mol. The van der Waals surface area contributed by atoms with Crippen LogP contribution in [0.15, 0.2) is 0 Å². The van der Waals surface area contributed by atoms with Gasteiger partial charge in [-0.1, -0.05) is 90.9 Å². The van der Waals surface area contributed by atoms with Crippen molar-refractivity contribution in [3.63, 3.8) is 0 Å². The SMILES string of the molecule is CCCCCCCCCS(=O)(=O)CS(=O)(=O)CCCCCCCCC. The molecule has 0 unspecified atom stereocenters. The Morgan fingerprint density at radius 1 is 0.440 bits per heavy atom. The maximum absolute atomic E-state index is 12.0. The molecule has 0 radical (unpaired) electrons. The lowest BCUT2D eigenvalue weighted by atomic mass is 10.1. The van der Waals surface area contributed by atoms with Crippen molar-refractivity contribution in [3.8, 4) is 0 Å². The van der Waals surface area contributed by atoms with Crippen LogP contribution in [-0.2, 0) is 19.7 Å². The number of hydrogen-bond acceptors (Lipinski definition) is 4. The van der Waals surface area contributed by atoms with E-state index in [0.29, 0.717) is 12.8 Å². The Balaban J connectivity index is 3.85. The molecule has 152 valence electrons. The standard InChI is InChI=1S/C19H40O4S2/c1-3-5-7-9-11-13-15-17-24(20,21)19-25(22,23)18-16-14-12-10-8-6-4-2/h3-19H2,1-2H3. The smallest absolute Gasteiger partial charge is 0.164 e. The van der Waals surface area contributed by atoms with Gasteiger partial charge in [0.05, 0.1) is 11.5 Å². The van der Waals surface area contributed by atoms with Gasteiger partial charge in [0.2, 0.25) is 0 Å². The predicted octanol–water partition coefficient (Wildman–Crippen LogP) is 5.27. The maximum atomic E-state index is 12.0. The van der Waals surface area contributed by atoms with E-state index in [9.17, 15) is 16.8 Å². The second-order valence-corrected chi connectivity index (χ2v) is 12.0. The van der Waals surface area contributed by atoms with Gasteiger partial charge in [0, 0.05) is 0 Å². The van der Waals surface area contributed by atoms with Gasteiger partial charge in [-0.2, -0.15) is 0 Å². The lowest BCUT2D eigenvalue weighted by molar-refractivity contribution is 0.573. The molecule has 0 N–H and O–H groups in total. The average molecular weight is 397 g/mol. The van der Waals surface area contributed by atoms with Gasteiger partial charge in [0.1, 0.15) is 0 Å².